The molecular formula is C21H24N4O4. The van der Waals surface area contributed by atoms with Gasteiger partial charge in [-0.15, -0.1) is 0 Å². The molecule has 0 aromatic carbocycles. The number of carbonyl (C=O) groups is 1. The number of anilines is 1. The molecule has 1 aliphatic carbocycles. The topological polar surface area (TPSA) is 96.5 Å². The molecule has 8 nitrogen and oxygen atoms in total. The van der Waals surface area contributed by atoms with E-state index in [0.29, 0.717) is 48.7 Å². The van der Waals surface area contributed by atoms with Gasteiger partial charge >= 0.3 is 0 Å². The highest BCUT2D eigenvalue weighted by Gasteiger charge is 2.19. The van der Waals surface area contributed by atoms with Crippen LogP contribution in [0.4, 0.5) is 5.82 Å². The van der Waals surface area contributed by atoms with Crippen molar-refractivity contribution >= 4 is 22.6 Å². The molecule has 2 N–H and O–H groups in total. The van der Waals surface area contributed by atoms with Crippen molar-refractivity contribution in [3.8, 4) is 5.88 Å². The molecule has 8 heteroatoms. The smallest absolute Gasteiger partial charge is 0.260 e. The van der Waals surface area contributed by atoms with Crippen LogP contribution < -0.4 is 15.5 Å². The molecule has 0 saturated carbocycles. The number of H-pyrrole nitrogens is 1. The Morgan fingerprint density at radius 2 is 2.14 bits per heavy atom. The number of pyridine rings is 2. The van der Waals surface area contributed by atoms with Gasteiger partial charge in [-0.3, -0.25) is 9.59 Å². The average molecular weight is 396 g/mol. The van der Waals surface area contributed by atoms with E-state index in [1.54, 1.807) is 11.0 Å². The fraction of sp³-hybridized carbons (Fsp3) is 0.381. The Morgan fingerprint density at radius 1 is 1.31 bits per heavy atom. The van der Waals surface area contributed by atoms with E-state index in [1.807, 2.05) is 13.0 Å². The summed E-state index contributed by atoms with van der Waals surface area (Å²) in [6.45, 7) is 3.80. The third-order valence-corrected chi connectivity index (χ3v) is 4.88. The summed E-state index contributed by atoms with van der Waals surface area (Å²) in [6.07, 6.45) is 8.16. The van der Waals surface area contributed by atoms with Crippen LogP contribution in [0.3, 0.4) is 0 Å². The van der Waals surface area contributed by atoms with E-state index in [0.717, 1.165) is 18.5 Å². The number of nitrogens with one attached hydrogen (secondary N) is 2. The van der Waals surface area contributed by atoms with Crippen molar-refractivity contribution < 1.29 is 14.3 Å². The third kappa shape index (κ3) is 4.48. The van der Waals surface area contributed by atoms with Gasteiger partial charge < -0.3 is 24.7 Å². The number of amides is 1. The summed E-state index contributed by atoms with van der Waals surface area (Å²) in [4.78, 5) is 34.4. The van der Waals surface area contributed by atoms with Crippen LogP contribution in [0, 0.1) is 6.92 Å². The summed E-state index contributed by atoms with van der Waals surface area (Å²) < 4.78 is 10.9. The maximum atomic E-state index is 12.8. The minimum absolute atomic E-state index is 0.143. The predicted octanol–water partition coefficient (Wildman–Crippen LogP) is 2.11. The van der Waals surface area contributed by atoms with E-state index in [4.69, 9.17) is 9.47 Å². The monoisotopic (exact) mass is 396 g/mol. The number of hydrogen-bond acceptors (Lipinski definition) is 6. The van der Waals surface area contributed by atoms with Crippen LogP contribution in [-0.2, 0) is 9.53 Å². The van der Waals surface area contributed by atoms with E-state index in [-0.39, 0.29) is 23.8 Å². The van der Waals surface area contributed by atoms with Crippen molar-refractivity contribution in [3.05, 3.63) is 52.0 Å². The second-order valence-corrected chi connectivity index (χ2v) is 7.08. The Labute approximate surface area is 168 Å². The standard InChI is InChI=1S/C21H24N4O4/c1-14-11-16-20(17(26)12-18(24-16)23-15-5-3-2-4-6-15)21(22-14)29-13-19(27)25-7-9-28-10-8-25/h3,5-6,11-12H,2,4,7-10,13H2,1H3,(H2,23,24,26). The first-order valence-corrected chi connectivity index (χ1v) is 9.77. The quantitative estimate of drug-likeness (QED) is 0.804. The maximum absolute atomic E-state index is 12.8. The van der Waals surface area contributed by atoms with Crippen molar-refractivity contribution in [2.24, 2.45) is 0 Å². The van der Waals surface area contributed by atoms with Gasteiger partial charge in [0.15, 0.2) is 12.0 Å². The Balaban J connectivity index is 1.57. The third-order valence-electron chi connectivity index (χ3n) is 4.88. The van der Waals surface area contributed by atoms with Crippen molar-refractivity contribution in [2.75, 3.05) is 38.2 Å². The van der Waals surface area contributed by atoms with Crippen LogP contribution in [0.1, 0.15) is 18.5 Å². The van der Waals surface area contributed by atoms with Gasteiger partial charge in [-0.05, 0) is 31.9 Å². The first kappa shape index (κ1) is 19.2. The molecule has 1 aliphatic heterocycles. The maximum Gasteiger partial charge on any atom is 0.260 e. The van der Waals surface area contributed by atoms with Crippen molar-refractivity contribution in [3.63, 3.8) is 0 Å². The zero-order valence-electron chi connectivity index (χ0n) is 16.4. The number of morpholine rings is 1. The first-order chi connectivity index (χ1) is 14.1. The molecule has 4 rings (SSSR count). The second kappa shape index (κ2) is 8.48. The summed E-state index contributed by atoms with van der Waals surface area (Å²) >= 11 is 0. The van der Waals surface area contributed by atoms with Crippen LogP contribution >= 0.6 is 0 Å². The fourth-order valence-electron chi connectivity index (χ4n) is 3.43. The number of fused-ring (bicyclic) bond motifs is 1. The van der Waals surface area contributed by atoms with Gasteiger partial charge in [0, 0.05) is 30.5 Å². The molecule has 29 heavy (non-hydrogen) atoms. The SMILES string of the molecule is Cc1cc2[nH]c(NC3=CCCC=C3)cc(=O)c2c(OCC(=O)N2CCOCC2)n1. The molecule has 0 bridgehead atoms. The van der Waals surface area contributed by atoms with Gasteiger partial charge in [0.2, 0.25) is 5.88 Å². The van der Waals surface area contributed by atoms with E-state index in [9.17, 15) is 9.59 Å². The molecule has 0 spiro atoms. The summed E-state index contributed by atoms with van der Waals surface area (Å²) in [5.41, 5.74) is 2.03. The predicted molar refractivity (Wildman–Crippen MR) is 110 cm³/mol. The number of hydrogen-bond donors (Lipinski definition) is 2. The van der Waals surface area contributed by atoms with Crippen molar-refractivity contribution in [1.29, 1.82) is 0 Å². The lowest BCUT2D eigenvalue weighted by Gasteiger charge is -2.26. The largest absolute Gasteiger partial charge is 0.467 e. The Kier molecular flexibility index (Phi) is 5.62. The highest BCUT2D eigenvalue weighted by Crippen LogP contribution is 2.22. The summed E-state index contributed by atoms with van der Waals surface area (Å²) in [7, 11) is 0. The van der Waals surface area contributed by atoms with Crippen LogP contribution in [-0.4, -0.2) is 53.7 Å². The van der Waals surface area contributed by atoms with E-state index in [2.05, 4.69) is 27.4 Å². The fourth-order valence-corrected chi connectivity index (χ4v) is 3.43. The molecule has 0 atom stereocenters. The van der Waals surface area contributed by atoms with Crippen molar-refractivity contribution in [1.82, 2.24) is 14.9 Å². The van der Waals surface area contributed by atoms with Gasteiger partial charge in [-0.25, -0.2) is 4.98 Å². The van der Waals surface area contributed by atoms with Gasteiger partial charge in [0.1, 0.15) is 11.2 Å². The zero-order chi connectivity index (χ0) is 20.2. The van der Waals surface area contributed by atoms with E-state index in [1.165, 1.54) is 6.07 Å². The van der Waals surface area contributed by atoms with Gasteiger partial charge in [-0.2, -0.15) is 0 Å². The van der Waals surface area contributed by atoms with Crippen LogP contribution in [0.15, 0.2) is 40.9 Å². The second-order valence-electron chi connectivity index (χ2n) is 7.08. The number of aromatic amines is 1. The van der Waals surface area contributed by atoms with Gasteiger partial charge in [0.05, 0.1) is 18.7 Å². The van der Waals surface area contributed by atoms with Crippen molar-refractivity contribution in [2.45, 2.75) is 19.8 Å². The van der Waals surface area contributed by atoms with Crippen LogP contribution in [0.25, 0.3) is 10.9 Å². The van der Waals surface area contributed by atoms with Gasteiger partial charge in [0.25, 0.3) is 5.91 Å². The highest BCUT2D eigenvalue weighted by molar-refractivity contribution is 5.86. The number of aromatic nitrogens is 2. The molecule has 1 amide bonds. The summed E-state index contributed by atoms with van der Waals surface area (Å²) in [5, 5.41) is 3.57. The number of ether oxygens (including phenoxy) is 2. The highest BCUT2D eigenvalue weighted by atomic mass is 16.5. The molecule has 1 fully saturated rings. The minimum atomic E-state index is -0.219. The van der Waals surface area contributed by atoms with Gasteiger partial charge in [-0.1, -0.05) is 12.2 Å². The molecule has 152 valence electrons. The number of rotatable bonds is 5. The molecule has 1 saturated heterocycles. The average Bonchev–Trinajstić information content (AvgIpc) is 2.72. The van der Waals surface area contributed by atoms with E-state index >= 15 is 0 Å². The van der Waals surface area contributed by atoms with Crippen LogP contribution in [0.2, 0.25) is 0 Å². The number of aryl methyl sites for hydroxylation is 1. The summed E-state index contributed by atoms with van der Waals surface area (Å²) in [5.74, 6) is 0.628. The lowest BCUT2D eigenvalue weighted by Crippen LogP contribution is -2.43. The molecule has 2 aliphatic rings. The number of allylic oxidation sites excluding steroid dienone is 3. The Bertz CT molecular complexity index is 1030. The lowest BCUT2D eigenvalue weighted by atomic mass is 10.1. The molecular weight excluding hydrogens is 372 g/mol. The first-order valence-electron chi connectivity index (χ1n) is 9.77. The Hall–Kier alpha value is -3.13. The Morgan fingerprint density at radius 3 is 2.90 bits per heavy atom. The number of carbonyl (C=O) groups excluding carboxylic acids is 1. The minimum Gasteiger partial charge on any atom is -0.467 e. The van der Waals surface area contributed by atoms with Crippen LogP contribution in [0.5, 0.6) is 5.88 Å². The molecule has 2 aromatic rings. The normalized spacial score (nSPS) is 16.6. The lowest BCUT2D eigenvalue weighted by molar-refractivity contribution is -0.137. The zero-order valence-corrected chi connectivity index (χ0v) is 16.4. The summed E-state index contributed by atoms with van der Waals surface area (Å²) in [6, 6.07) is 3.28. The molecule has 0 radical (unpaired) electrons. The van der Waals surface area contributed by atoms with E-state index < -0.39 is 0 Å². The molecule has 0 unspecified atom stereocenters. The number of nitrogens with zero attached hydrogens (tertiary/aromatic N) is 2. The molecule has 3 heterocycles. The molecule has 2 aromatic heterocycles.